The molecule has 2 bridgehead atoms. The second-order valence-corrected chi connectivity index (χ2v) is 5.76. The molecule has 1 aliphatic carbocycles. The molecule has 0 radical (unpaired) electrons. The molecule has 2 saturated heterocycles. The lowest BCUT2D eigenvalue weighted by atomic mass is 9.96. The van der Waals surface area contributed by atoms with Crippen molar-refractivity contribution < 1.29 is 14.6 Å². The number of aliphatic hydroxyl groups excluding tert-OH is 1. The van der Waals surface area contributed by atoms with Crippen molar-refractivity contribution in [1.29, 1.82) is 0 Å². The molecule has 2 aliphatic heterocycles. The number of carbonyl (C=O) groups is 1. The summed E-state index contributed by atoms with van der Waals surface area (Å²) in [5, 5.41) is 9.80. The lowest BCUT2D eigenvalue weighted by molar-refractivity contribution is -0.151. The van der Waals surface area contributed by atoms with Crippen LogP contribution in [0.3, 0.4) is 0 Å². The molecule has 0 aromatic heterocycles. The molecule has 0 aromatic rings. The van der Waals surface area contributed by atoms with Gasteiger partial charge in [0.2, 0.25) is 0 Å². The van der Waals surface area contributed by atoms with E-state index in [1.165, 1.54) is 7.11 Å². The fourth-order valence-corrected chi connectivity index (χ4v) is 3.73. The van der Waals surface area contributed by atoms with E-state index in [4.69, 9.17) is 4.74 Å². The molecular formula is C13H21NO3. The molecular weight excluding hydrogens is 218 g/mol. The zero-order valence-corrected chi connectivity index (χ0v) is 10.3. The van der Waals surface area contributed by atoms with E-state index in [1.807, 2.05) is 0 Å². The molecule has 3 fully saturated rings. The van der Waals surface area contributed by atoms with Crippen LogP contribution in [-0.2, 0) is 9.53 Å². The van der Waals surface area contributed by atoms with E-state index in [1.54, 1.807) is 0 Å². The van der Waals surface area contributed by atoms with Crippen LogP contribution < -0.4 is 0 Å². The van der Waals surface area contributed by atoms with Gasteiger partial charge in [0, 0.05) is 12.1 Å². The Hall–Kier alpha value is -0.610. The Labute approximate surface area is 102 Å². The van der Waals surface area contributed by atoms with Crippen molar-refractivity contribution in [3.63, 3.8) is 0 Å². The van der Waals surface area contributed by atoms with Gasteiger partial charge in [-0.15, -0.1) is 0 Å². The predicted octanol–water partition coefficient (Wildman–Crippen LogP) is 0.926. The minimum Gasteiger partial charge on any atom is -0.468 e. The van der Waals surface area contributed by atoms with Crippen LogP contribution in [0.25, 0.3) is 0 Å². The number of methoxy groups -OCH3 is 1. The molecule has 3 aliphatic rings. The second-order valence-electron chi connectivity index (χ2n) is 5.76. The van der Waals surface area contributed by atoms with Gasteiger partial charge in [-0.1, -0.05) is 0 Å². The SMILES string of the molecule is COC(=O)C(C1CC1)N1C2CCC1CC(O)C2. The Balaban J connectivity index is 1.80. The number of hydrogen-bond acceptors (Lipinski definition) is 4. The van der Waals surface area contributed by atoms with Crippen molar-refractivity contribution in [2.45, 2.75) is 62.8 Å². The van der Waals surface area contributed by atoms with Crippen molar-refractivity contribution in [3.05, 3.63) is 0 Å². The molecule has 4 heteroatoms. The molecule has 17 heavy (non-hydrogen) atoms. The van der Waals surface area contributed by atoms with Gasteiger partial charge in [0.1, 0.15) is 6.04 Å². The summed E-state index contributed by atoms with van der Waals surface area (Å²) in [5.41, 5.74) is 0. The topological polar surface area (TPSA) is 49.8 Å². The van der Waals surface area contributed by atoms with Crippen LogP contribution in [0.5, 0.6) is 0 Å². The highest BCUT2D eigenvalue weighted by Gasteiger charge is 2.50. The zero-order chi connectivity index (χ0) is 12.0. The molecule has 3 atom stereocenters. The molecule has 1 N–H and O–H groups in total. The van der Waals surface area contributed by atoms with Crippen LogP contribution in [0.1, 0.15) is 38.5 Å². The Bertz CT molecular complexity index is 302. The Morgan fingerprint density at radius 3 is 2.29 bits per heavy atom. The third-order valence-corrected chi connectivity index (χ3v) is 4.60. The van der Waals surface area contributed by atoms with Gasteiger partial charge in [0.25, 0.3) is 0 Å². The number of carbonyl (C=O) groups excluding carboxylic acids is 1. The molecule has 0 aromatic carbocycles. The summed E-state index contributed by atoms with van der Waals surface area (Å²) in [4.78, 5) is 14.3. The Kier molecular flexibility index (Phi) is 2.87. The number of esters is 1. The minimum atomic E-state index is -0.166. The largest absolute Gasteiger partial charge is 0.468 e. The Morgan fingerprint density at radius 1 is 1.24 bits per heavy atom. The van der Waals surface area contributed by atoms with Gasteiger partial charge in [-0.3, -0.25) is 9.69 Å². The lowest BCUT2D eigenvalue weighted by Gasteiger charge is -2.41. The van der Waals surface area contributed by atoms with Crippen molar-refractivity contribution in [2.24, 2.45) is 5.92 Å². The molecule has 2 heterocycles. The number of ether oxygens (including phenoxy) is 1. The van der Waals surface area contributed by atoms with Crippen LogP contribution in [0, 0.1) is 5.92 Å². The van der Waals surface area contributed by atoms with Crippen molar-refractivity contribution in [3.8, 4) is 0 Å². The third-order valence-electron chi connectivity index (χ3n) is 4.60. The van der Waals surface area contributed by atoms with Crippen LogP contribution in [0.15, 0.2) is 0 Å². The first-order valence-electron chi connectivity index (χ1n) is 6.74. The summed E-state index contributed by atoms with van der Waals surface area (Å²) >= 11 is 0. The first-order valence-corrected chi connectivity index (χ1v) is 6.74. The van der Waals surface area contributed by atoms with Crippen LogP contribution in [0.4, 0.5) is 0 Å². The van der Waals surface area contributed by atoms with E-state index in [0.29, 0.717) is 18.0 Å². The highest BCUT2D eigenvalue weighted by Crippen LogP contribution is 2.44. The molecule has 3 rings (SSSR count). The second kappa shape index (κ2) is 4.25. The van der Waals surface area contributed by atoms with Crippen molar-refractivity contribution in [1.82, 2.24) is 4.90 Å². The van der Waals surface area contributed by atoms with Gasteiger partial charge in [-0.25, -0.2) is 0 Å². The standard InChI is InChI=1S/C13H21NO3/c1-17-13(16)12(8-2-3-8)14-9-4-5-10(14)7-11(15)6-9/h8-12,15H,2-7H2,1H3. The Morgan fingerprint density at radius 2 is 1.82 bits per heavy atom. The first kappa shape index (κ1) is 11.5. The normalized spacial score (nSPS) is 39.1. The average molecular weight is 239 g/mol. The van der Waals surface area contributed by atoms with Gasteiger partial charge in [0.15, 0.2) is 0 Å². The van der Waals surface area contributed by atoms with Gasteiger partial charge in [-0.05, 0) is 44.4 Å². The van der Waals surface area contributed by atoms with E-state index in [9.17, 15) is 9.90 Å². The van der Waals surface area contributed by atoms with Crippen LogP contribution >= 0.6 is 0 Å². The number of fused-ring (bicyclic) bond motifs is 2. The maximum Gasteiger partial charge on any atom is 0.323 e. The molecule has 0 amide bonds. The van der Waals surface area contributed by atoms with Crippen molar-refractivity contribution >= 4 is 5.97 Å². The number of aliphatic hydroxyl groups is 1. The predicted molar refractivity (Wildman–Crippen MR) is 62.4 cm³/mol. The summed E-state index contributed by atoms with van der Waals surface area (Å²) in [7, 11) is 1.48. The van der Waals surface area contributed by atoms with Crippen LogP contribution in [0.2, 0.25) is 0 Å². The fraction of sp³-hybridized carbons (Fsp3) is 0.923. The molecule has 3 unspecified atom stereocenters. The number of hydrogen-bond donors (Lipinski definition) is 1. The van der Waals surface area contributed by atoms with Gasteiger partial charge in [-0.2, -0.15) is 0 Å². The van der Waals surface area contributed by atoms with E-state index in [0.717, 1.165) is 38.5 Å². The summed E-state index contributed by atoms with van der Waals surface area (Å²) in [6.07, 6.45) is 6.05. The average Bonchev–Trinajstić information content (AvgIpc) is 3.08. The van der Waals surface area contributed by atoms with E-state index in [-0.39, 0.29) is 18.1 Å². The highest BCUT2D eigenvalue weighted by molar-refractivity contribution is 5.76. The monoisotopic (exact) mass is 239 g/mol. The molecule has 1 saturated carbocycles. The van der Waals surface area contributed by atoms with Gasteiger partial charge >= 0.3 is 5.97 Å². The van der Waals surface area contributed by atoms with Crippen molar-refractivity contribution in [2.75, 3.05) is 7.11 Å². The molecule has 0 spiro atoms. The maximum atomic E-state index is 12.0. The number of rotatable bonds is 3. The summed E-state index contributed by atoms with van der Waals surface area (Å²) in [5.74, 6) is 0.432. The smallest absolute Gasteiger partial charge is 0.323 e. The quantitative estimate of drug-likeness (QED) is 0.744. The van der Waals surface area contributed by atoms with E-state index in [2.05, 4.69) is 4.90 Å². The summed E-state index contributed by atoms with van der Waals surface area (Å²) < 4.78 is 4.98. The fourth-order valence-electron chi connectivity index (χ4n) is 3.73. The lowest BCUT2D eigenvalue weighted by Crippen LogP contribution is -2.54. The molecule has 4 nitrogen and oxygen atoms in total. The van der Waals surface area contributed by atoms with E-state index >= 15 is 0 Å². The minimum absolute atomic E-state index is 0.0370. The zero-order valence-electron chi connectivity index (χ0n) is 10.3. The third kappa shape index (κ3) is 1.97. The first-order chi connectivity index (χ1) is 8.20. The maximum absolute atomic E-state index is 12.0. The van der Waals surface area contributed by atoms with Crippen LogP contribution in [-0.4, -0.2) is 47.3 Å². The van der Waals surface area contributed by atoms with Gasteiger partial charge < -0.3 is 9.84 Å². The number of piperidine rings is 1. The molecule has 96 valence electrons. The van der Waals surface area contributed by atoms with E-state index < -0.39 is 0 Å². The summed E-state index contributed by atoms with van der Waals surface area (Å²) in [6, 6.07) is 0.756. The van der Waals surface area contributed by atoms with Gasteiger partial charge in [0.05, 0.1) is 13.2 Å². The summed E-state index contributed by atoms with van der Waals surface area (Å²) in [6.45, 7) is 0. The highest BCUT2D eigenvalue weighted by atomic mass is 16.5. The number of nitrogens with zero attached hydrogens (tertiary/aromatic N) is 1.